The van der Waals surface area contributed by atoms with E-state index in [4.69, 9.17) is 0 Å². The topological polar surface area (TPSA) is 25.8 Å². The second kappa shape index (κ2) is 4.20. The third kappa shape index (κ3) is 2.78. The number of hydrogen-bond donors (Lipinski definition) is 0. The van der Waals surface area contributed by atoms with Crippen LogP contribution in [0, 0.1) is 5.41 Å². The van der Waals surface area contributed by atoms with Crippen molar-refractivity contribution < 1.29 is 0 Å². The van der Waals surface area contributed by atoms with Crippen molar-refractivity contribution in [1.29, 1.82) is 0 Å². The molecule has 0 saturated heterocycles. The first-order valence-electron chi connectivity index (χ1n) is 5.75. The number of fused-ring (bicyclic) bond motifs is 1. The smallest absolute Gasteiger partial charge is 0.128 e. The third-order valence-electron chi connectivity index (χ3n) is 2.64. The molecule has 2 aromatic rings. The summed E-state index contributed by atoms with van der Waals surface area (Å²) in [6.45, 7) is 6.73. The van der Waals surface area contributed by atoms with Gasteiger partial charge in [-0.05, 0) is 17.9 Å². The molecule has 0 aliphatic rings. The molecule has 16 heavy (non-hydrogen) atoms. The van der Waals surface area contributed by atoms with E-state index in [0.717, 1.165) is 29.6 Å². The number of hydrogen-bond acceptors (Lipinski definition) is 2. The molecule has 2 rings (SSSR count). The zero-order valence-electron chi connectivity index (χ0n) is 10.2. The highest BCUT2D eigenvalue weighted by molar-refractivity contribution is 5.77. The van der Waals surface area contributed by atoms with Crippen LogP contribution in [0.5, 0.6) is 0 Å². The fourth-order valence-electron chi connectivity index (χ4n) is 1.62. The molecule has 0 N–H and O–H groups in total. The summed E-state index contributed by atoms with van der Waals surface area (Å²) >= 11 is 0. The first-order valence-corrected chi connectivity index (χ1v) is 5.75. The molecule has 0 aliphatic heterocycles. The van der Waals surface area contributed by atoms with Crippen molar-refractivity contribution in [3.05, 3.63) is 36.3 Å². The average molecular weight is 214 g/mol. The van der Waals surface area contributed by atoms with Crippen molar-refractivity contribution in [2.24, 2.45) is 5.41 Å². The van der Waals surface area contributed by atoms with Crippen molar-refractivity contribution >= 4 is 10.9 Å². The largest absolute Gasteiger partial charge is 0.241 e. The van der Waals surface area contributed by atoms with E-state index in [9.17, 15) is 0 Å². The van der Waals surface area contributed by atoms with Gasteiger partial charge in [-0.3, -0.25) is 0 Å². The molecule has 0 aliphatic carbocycles. The van der Waals surface area contributed by atoms with Gasteiger partial charge in [-0.1, -0.05) is 39.0 Å². The first-order chi connectivity index (χ1) is 7.54. The molecule has 0 amide bonds. The van der Waals surface area contributed by atoms with Crippen molar-refractivity contribution in [2.45, 2.75) is 33.6 Å². The van der Waals surface area contributed by atoms with Crippen molar-refractivity contribution in [1.82, 2.24) is 9.97 Å². The molecule has 1 heterocycles. The van der Waals surface area contributed by atoms with E-state index in [1.54, 1.807) is 0 Å². The van der Waals surface area contributed by atoms with E-state index < -0.39 is 0 Å². The summed E-state index contributed by atoms with van der Waals surface area (Å²) in [5, 5.41) is 1.11. The monoisotopic (exact) mass is 214 g/mol. The fourth-order valence-corrected chi connectivity index (χ4v) is 1.62. The minimum Gasteiger partial charge on any atom is -0.241 e. The summed E-state index contributed by atoms with van der Waals surface area (Å²) in [6.07, 6.45) is 3.99. The molecule has 0 saturated carbocycles. The predicted molar refractivity (Wildman–Crippen MR) is 67.3 cm³/mol. The fraction of sp³-hybridized carbons (Fsp3) is 0.429. The molecule has 0 spiro atoms. The standard InChI is InChI=1S/C14H18N2/c1-14(2,3)9-8-13-15-10-11-6-4-5-7-12(11)16-13/h4-7,10H,8-9H2,1-3H3. The highest BCUT2D eigenvalue weighted by Crippen LogP contribution is 2.20. The van der Waals surface area contributed by atoms with Gasteiger partial charge in [0.15, 0.2) is 0 Å². The van der Waals surface area contributed by atoms with Gasteiger partial charge in [-0.2, -0.15) is 0 Å². The van der Waals surface area contributed by atoms with Gasteiger partial charge in [0.05, 0.1) is 5.52 Å². The lowest BCUT2D eigenvalue weighted by molar-refractivity contribution is 0.374. The van der Waals surface area contributed by atoms with Gasteiger partial charge in [0, 0.05) is 18.0 Å². The SMILES string of the molecule is CC(C)(C)CCc1ncc2ccccc2n1. The van der Waals surface area contributed by atoms with E-state index in [2.05, 4.69) is 30.7 Å². The molecule has 0 fully saturated rings. The maximum atomic E-state index is 4.57. The summed E-state index contributed by atoms with van der Waals surface area (Å²) in [5.41, 5.74) is 1.39. The Morgan fingerprint density at radius 1 is 1.12 bits per heavy atom. The minimum atomic E-state index is 0.342. The van der Waals surface area contributed by atoms with Crippen molar-refractivity contribution in [3.8, 4) is 0 Å². The number of aromatic nitrogens is 2. The highest BCUT2D eigenvalue weighted by atomic mass is 14.9. The second-order valence-corrected chi connectivity index (χ2v) is 5.41. The van der Waals surface area contributed by atoms with E-state index in [-0.39, 0.29) is 0 Å². The van der Waals surface area contributed by atoms with Crippen molar-refractivity contribution in [3.63, 3.8) is 0 Å². The number of aryl methyl sites for hydroxylation is 1. The number of para-hydroxylation sites is 1. The number of nitrogens with zero attached hydrogens (tertiary/aromatic N) is 2. The van der Waals surface area contributed by atoms with Gasteiger partial charge in [-0.25, -0.2) is 9.97 Å². The molecule has 0 bridgehead atoms. The van der Waals surface area contributed by atoms with Crippen LogP contribution in [0.1, 0.15) is 33.0 Å². The lowest BCUT2D eigenvalue weighted by Gasteiger charge is -2.16. The van der Waals surface area contributed by atoms with E-state index >= 15 is 0 Å². The van der Waals surface area contributed by atoms with Gasteiger partial charge in [0.25, 0.3) is 0 Å². The molecule has 2 nitrogen and oxygen atoms in total. The maximum absolute atomic E-state index is 4.57. The van der Waals surface area contributed by atoms with Crippen LogP contribution >= 0.6 is 0 Å². The molecule has 84 valence electrons. The summed E-state index contributed by atoms with van der Waals surface area (Å²) in [7, 11) is 0. The normalized spacial score (nSPS) is 11.9. The zero-order valence-corrected chi connectivity index (χ0v) is 10.2. The molecular weight excluding hydrogens is 196 g/mol. The second-order valence-electron chi connectivity index (χ2n) is 5.41. The number of rotatable bonds is 2. The maximum Gasteiger partial charge on any atom is 0.128 e. The summed E-state index contributed by atoms with van der Waals surface area (Å²) in [4.78, 5) is 8.97. The summed E-state index contributed by atoms with van der Waals surface area (Å²) in [6, 6.07) is 8.11. The zero-order chi connectivity index (χ0) is 11.6. The Labute approximate surface area is 96.7 Å². The van der Waals surface area contributed by atoms with Crippen LogP contribution in [-0.4, -0.2) is 9.97 Å². The Bertz CT molecular complexity index is 483. The Hall–Kier alpha value is -1.44. The van der Waals surface area contributed by atoms with Gasteiger partial charge >= 0.3 is 0 Å². The molecule has 0 atom stereocenters. The van der Waals surface area contributed by atoms with Gasteiger partial charge < -0.3 is 0 Å². The van der Waals surface area contributed by atoms with Gasteiger partial charge in [-0.15, -0.1) is 0 Å². The minimum absolute atomic E-state index is 0.342. The Balaban J connectivity index is 2.20. The average Bonchev–Trinajstić information content (AvgIpc) is 2.25. The molecule has 1 aromatic heterocycles. The first kappa shape index (κ1) is 11.1. The van der Waals surface area contributed by atoms with Crippen LogP contribution in [0.15, 0.2) is 30.5 Å². The van der Waals surface area contributed by atoms with Crippen LogP contribution in [0.4, 0.5) is 0 Å². The highest BCUT2D eigenvalue weighted by Gasteiger charge is 2.11. The lowest BCUT2D eigenvalue weighted by Crippen LogP contribution is -2.08. The van der Waals surface area contributed by atoms with Crippen LogP contribution in [0.3, 0.4) is 0 Å². The van der Waals surface area contributed by atoms with Crippen LogP contribution < -0.4 is 0 Å². The quantitative estimate of drug-likeness (QED) is 0.763. The Morgan fingerprint density at radius 2 is 1.88 bits per heavy atom. The third-order valence-corrected chi connectivity index (χ3v) is 2.64. The van der Waals surface area contributed by atoms with Crippen LogP contribution in [-0.2, 0) is 6.42 Å². The Morgan fingerprint density at radius 3 is 2.62 bits per heavy atom. The molecule has 0 unspecified atom stereocenters. The van der Waals surface area contributed by atoms with Gasteiger partial charge in [0.1, 0.15) is 5.82 Å². The van der Waals surface area contributed by atoms with E-state index in [1.807, 2.05) is 30.5 Å². The van der Waals surface area contributed by atoms with Crippen LogP contribution in [0.25, 0.3) is 10.9 Å². The summed E-state index contributed by atoms with van der Waals surface area (Å²) < 4.78 is 0. The molecule has 2 heteroatoms. The Kier molecular flexibility index (Phi) is 2.90. The van der Waals surface area contributed by atoms with E-state index in [1.165, 1.54) is 0 Å². The lowest BCUT2D eigenvalue weighted by atomic mass is 9.90. The molecule has 0 radical (unpaired) electrons. The molecular formula is C14H18N2. The molecule has 1 aromatic carbocycles. The predicted octanol–water partition coefficient (Wildman–Crippen LogP) is 3.61. The van der Waals surface area contributed by atoms with Crippen LogP contribution in [0.2, 0.25) is 0 Å². The number of benzene rings is 1. The van der Waals surface area contributed by atoms with Gasteiger partial charge in [0.2, 0.25) is 0 Å². The summed E-state index contributed by atoms with van der Waals surface area (Å²) in [5.74, 6) is 0.952. The van der Waals surface area contributed by atoms with Crippen molar-refractivity contribution in [2.75, 3.05) is 0 Å². The van der Waals surface area contributed by atoms with E-state index in [0.29, 0.717) is 5.41 Å².